The summed E-state index contributed by atoms with van der Waals surface area (Å²) < 4.78 is 18.7. The molecule has 0 saturated carbocycles. The van der Waals surface area contributed by atoms with E-state index in [2.05, 4.69) is 0 Å². The quantitative estimate of drug-likeness (QED) is 0.657. The zero-order chi connectivity index (χ0) is 14.3. The molecule has 1 heterocycles. The van der Waals surface area contributed by atoms with Crippen LogP contribution in [-0.2, 0) is 0 Å². The van der Waals surface area contributed by atoms with Gasteiger partial charge in [0.2, 0.25) is 0 Å². The van der Waals surface area contributed by atoms with Gasteiger partial charge in [0.05, 0.1) is 16.0 Å². The Morgan fingerprint density at radius 3 is 2.70 bits per heavy atom. The van der Waals surface area contributed by atoms with Crippen LogP contribution in [0.2, 0.25) is 5.02 Å². The van der Waals surface area contributed by atoms with Gasteiger partial charge >= 0.3 is 0 Å². The molecule has 2 aromatic carbocycles. The van der Waals surface area contributed by atoms with E-state index in [1.807, 2.05) is 13.0 Å². The van der Waals surface area contributed by atoms with Crippen molar-refractivity contribution in [3.05, 3.63) is 69.3 Å². The summed E-state index contributed by atoms with van der Waals surface area (Å²) in [7, 11) is 0. The average molecular weight is 289 g/mol. The normalized spacial score (nSPS) is 10.9. The minimum absolute atomic E-state index is 0.0220. The van der Waals surface area contributed by atoms with Crippen molar-refractivity contribution in [2.45, 2.75) is 6.92 Å². The summed E-state index contributed by atoms with van der Waals surface area (Å²) in [5.74, 6) is -0.517. The second-order valence-corrected chi connectivity index (χ2v) is 5.01. The smallest absolute Gasteiger partial charge is 0.200 e. The first kappa shape index (κ1) is 12.9. The van der Waals surface area contributed by atoms with E-state index in [0.29, 0.717) is 22.1 Å². The molecule has 0 aliphatic carbocycles. The molecular weight excluding hydrogens is 279 g/mol. The van der Waals surface area contributed by atoms with E-state index in [4.69, 9.17) is 16.0 Å². The first-order chi connectivity index (χ1) is 9.56. The molecule has 0 bridgehead atoms. The van der Waals surface area contributed by atoms with E-state index >= 15 is 0 Å². The van der Waals surface area contributed by atoms with Crippen molar-refractivity contribution < 1.29 is 8.81 Å². The molecule has 20 heavy (non-hydrogen) atoms. The minimum atomic E-state index is -0.517. The number of halogens is 2. The lowest BCUT2D eigenvalue weighted by Crippen LogP contribution is -2.05. The molecule has 0 spiro atoms. The van der Waals surface area contributed by atoms with Crippen LogP contribution in [0.1, 0.15) is 5.56 Å². The highest BCUT2D eigenvalue weighted by atomic mass is 35.5. The summed E-state index contributed by atoms with van der Waals surface area (Å²) in [6.45, 7) is 1.90. The Hall–Kier alpha value is -2.13. The Bertz CT molecular complexity index is 868. The summed E-state index contributed by atoms with van der Waals surface area (Å²) in [6.07, 6.45) is 1.38. The van der Waals surface area contributed by atoms with Gasteiger partial charge in [0, 0.05) is 0 Å². The van der Waals surface area contributed by atoms with Crippen LogP contribution in [0, 0.1) is 12.7 Å². The second kappa shape index (κ2) is 4.76. The van der Waals surface area contributed by atoms with Crippen LogP contribution in [0.3, 0.4) is 0 Å². The van der Waals surface area contributed by atoms with E-state index in [0.717, 1.165) is 5.56 Å². The Balaban J connectivity index is 2.29. The summed E-state index contributed by atoms with van der Waals surface area (Å²) >= 11 is 5.75. The fourth-order valence-electron chi connectivity index (χ4n) is 2.11. The first-order valence-corrected chi connectivity index (χ1v) is 6.41. The highest BCUT2D eigenvalue weighted by Gasteiger charge is 2.11. The van der Waals surface area contributed by atoms with Gasteiger partial charge in [-0.3, -0.25) is 4.79 Å². The van der Waals surface area contributed by atoms with Crippen LogP contribution in [-0.4, -0.2) is 0 Å². The van der Waals surface area contributed by atoms with Gasteiger partial charge < -0.3 is 4.42 Å². The third kappa shape index (κ3) is 2.10. The molecule has 0 saturated heterocycles. The van der Waals surface area contributed by atoms with E-state index in [1.54, 1.807) is 12.1 Å². The molecule has 3 rings (SSSR count). The molecule has 4 heteroatoms. The van der Waals surface area contributed by atoms with Crippen LogP contribution < -0.4 is 5.43 Å². The zero-order valence-electron chi connectivity index (χ0n) is 10.6. The second-order valence-electron chi connectivity index (χ2n) is 4.61. The lowest BCUT2D eigenvalue weighted by atomic mass is 10.0. The summed E-state index contributed by atoms with van der Waals surface area (Å²) in [5, 5.41) is 0.481. The van der Waals surface area contributed by atoms with Crippen LogP contribution in [0.5, 0.6) is 0 Å². The Labute approximate surface area is 119 Å². The molecule has 0 atom stereocenters. The fourth-order valence-corrected chi connectivity index (χ4v) is 2.29. The summed E-state index contributed by atoms with van der Waals surface area (Å²) in [5.41, 5.74) is 2.24. The number of hydrogen-bond acceptors (Lipinski definition) is 2. The predicted octanol–water partition coefficient (Wildman–Crippen LogP) is 4.56. The van der Waals surface area contributed by atoms with Gasteiger partial charge in [-0.15, -0.1) is 0 Å². The molecule has 2 nitrogen and oxygen atoms in total. The highest BCUT2D eigenvalue weighted by Crippen LogP contribution is 2.24. The third-order valence-corrected chi connectivity index (χ3v) is 3.45. The first-order valence-electron chi connectivity index (χ1n) is 6.04. The van der Waals surface area contributed by atoms with E-state index in [-0.39, 0.29) is 10.5 Å². The maximum absolute atomic E-state index is 13.2. The van der Waals surface area contributed by atoms with Gasteiger partial charge in [-0.05, 0) is 36.8 Å². The molecular formula is C16H10ClFO2. The van der Waals surface area contributed by atoms with Crippen LogP contribution >= 0.6 is 11.6 Å². The van der Waals surface area contributed by atoms with Crippen molar-refractivity contribution in [3.8, 4) is 11.1 Å². The molecule has 0 unspecified atom stereocenters. The number of benzene rings is 2. The SMILES string of the molecule is Cc1ccc2occ(-c3ccc(F)c(Cl)c3)c(=O)c2c1. The zero-order valence-corrected chi connectivity index (χ0v) is 11.4. The maximum atomic E-state index is 13.2. The number of rotatable bonds is 1. The predicted molar refractivity (Wildman–Crippen MR) is 77.6 cm³/mol. The van der Waals surface area contributed by atoms with Crippen molar-refractivity contribution in [2.24, 2.45) is 0 Å². The number of fused-ring (bicyclic) bond motifs is 1. The van der Waals surface area contributed by atoms with Crippen molar-refractivity contribution >= 4 is 22.6 Å². The fraction of sp³-hybridized carbons (Fsp3) is 0.0625. The monoisotopic (exact) mass is 288 g/mol. The molecule has 0 amide bonds. The molecule has 3 aromatic rings. The van der Waals surface area contributed by atoms with Crippen LogP contribution in [0.4, 0.5) is 4.39 Å². The van der Waals surface area contributed by atoms with E-state index in [9.17, 15) is 9.18 Å². The molecule has 0 aliphatic rings. The Morgan fingerprint density at radius 2 is 1.95 bits per heavy atom. The van der Waals surface area contributed by atoms with Crippen LogP contribution in [0.15, 0.2) is 51.9 Å². The van der Waals surface area contributed by atoms with E-state index in [1.165, 1.54) is 24.5 Å². The summed E-state index contributed by atoms with van der Waals surface area (Å²) in [4.78, 5) is 12.5. The molecule has 0 N–H and O–H groups in total. The summed E-state index contributed by atoms with van der Waals surface area (Å²) in [6, 6.07) is 9.57. The topological polar surface area (TPSA) is 30.2 Å². The van der Waals surface area contributed by atoms with Crippen LogP contribution in [0.25, 0.3) is 22.1 Å². The number of aryl methyl sites for hydroxylation is 1. The molecule has 1 aromatic heterocycles. The Morgan fingerprint density at radius 1 is 1.15 bits per heavy atom. The molecule has 100 valence electrons. The standard InChI is InChI=1S/C16H10ClFO2/c1-9-2-5-15-11(6-9)16(19)12(8-20-15)10-3-4-14(18)13(17)7-10/h2-8H,1H3. The molecule has 0 fully saturated rings. The van der Waals surface area contributed by atoms with Crippen molar-refractivity contribution in [3.63, 3.8) is 0 Å². The molecule has 0 radical (unpaired) electrons. The lowest BCUT2D eigenvalue weighted by Gasteiger charge is -2.04. The minimum Gasteiger partial charge on any atom is -0.463 e. The average Bonchev–Trinajstić information content (AvgIpc) is 2.43. The van der Waals surface area contributed by atoms with Crippen molar-refractivity contribution in [1.82, 2.24) is 0 Å². The number of hydrogen-bond donors (Lipinski definition) is 0. The maximum Gasteiger partial charge on any atom is 0.200 e. The highest BCUT2D eigenvalue weighted by molar-refractivity contribution is 6.31. The van der Waals surface area contributed by atoms with Gasteiger partial charge in [0.1, 0.15) is 17.7 Å². The van der Waals surface area contributed by atoms with E-state index < -0.39 is 5.82 Å². The Kier molecular flexibility index (Phi) is 3.07. The molecule has 0 aliphatic heterocycles. The van der Waals surface area contributed by atoms with Gasteiger partial charge in [0.25, 0.3) is 0 Å². The lowest BCUT2D eigenvalue weighted by molar-refractivity contribution is 0.604. The third-order valence-electron chi connectivity index (χ3n) is 3.16. The van der Waals surface area contributed by atoms with Crippen molar-refractivity contribution in [2.75, 3.05) is 0 Å². The van der Waals surface area contributed by atoms with Gasteiger partial charge in [0.15, 0.2) is 5.43 Å². The van der Waals surface area contributed by atoms with Gasteiger partial charge in [-0.1, -0.05) is 29.3 Å². The van der Waals surface area contributed by atoms with Gasteiger partial charge in [-0.2, -0.15) is 0 Å². The largest absolute Gasteiger partial charge is 0.463 e. The van der Waals surface area contributed by atoms with Crippen molar-refractivity contribution in [1.29, 1.82) is 0 Å². The van der Waals surface area contributed by atoms with Gasteiger partial charge in [-0.25, -0.2) is 4.39 Å².